The third-order valence-corrected chi connectivity index (χ3v) is 5.97. The first kappa shape index (κ1) is 20.0. The van der Waals surface area contributed by atoms with Gasteiger partial charge in [-0.15, -0.1) is 11.3 Å². The second-order valence-corrected chi connectivity index (χ2v) is 8.07. The monoisotopic (exact) mass is 417 g/mol. The molecule has 0 aliphatic heterocycles. The second kappa shape index (κ2) is 9.05. The number of carbonyl (C=O) groups excluding carboxylic acids is 2. The zero-order valence-electron chi connectivity index (χ0n) is 16.7. The Morgan fingerprint density at radius 1 is 1.13 bits per heavy atom. The molecule has 1 heterocycles. The molecular weight excluding hydrogens is 394 g/mol. The van der Waals surface area contributed by atoms with E-state index < -0.39 is 0 Å². The first-order valence-corrected chi connectivity index (χ1v) is 10.9. The quantitative estimate of drug-likeness (QED) is 0.592. The van der Waals surface area contributed by atoms with Gasteiger partial charge in [0.25, 0.3) is 0 Å². The molecule has 0 spiro atoms. The van der Waals surface area contributed by atoms with Gasteiger partial charge in [0.15, 0.2) is 5.13 Å². The standard InChI is InChI=1S/C24H23N3O2S/c1-17(28)27(20-10-3-2-4-11-20)24-25-19(16-30-24)14-15-23(29)26-22-13-7-9-18-8-5-6-12-21(18)22/h2-6,8,10-12,14-16,22H,7,9,13H2,1H3,(H,26,29)/b15-14+/t22-/m1/s1. The molecule has 152 valence electrons. The van der Waals surface area contributed by atoms with Crippen molar-refractivity contribution < 1.29 is 9.59 Å². The Morgan fingerprint density at radius 2 is 1.90 bits per heavy atom. The Hall–Kier alpha value is -3.25. The molecular formula is C24H23N3O2S. The summed E-state index contributed by atoms with van der Waals surface area (Å²) in [5, 5.41) is 5.52. The van der Waals surface area contributed by atoms with Gasteiger partial charge in [-0.2, -0.15) is 0 Å². The number of hydrogen-bond donors (Lipinski definition) is 1. The molecule has 1 aromatic heterocycles. The lowest BCUT2D eigenvalue weighted by Gasteiger charge is -2.25. The van der Waals surface area contributed by atoms with Crippen molar-refractivity contribution in [3.05, 3.63) is 82.9 Å². The third kappa shape index (κ3) is 4.49. The van der Waals surface area contributed by atoms with Gasteiger partial charge in [-0.1, -0.05) is 42.5 Å². The Kier molecular flexibility index (Phi) is 6.05. The van der Waals surface area contributed by atoms with Crippen LogP contribution < -0.4 is 10.2 Å². The number of fused-ring (bicyclic) bond motifs is 1. The fraction of sp³-hybridized carbons (Fsp3) is 0.208. The fourth-order valence-electron chi connectivity index (χ4n) is 3.74. The maximum Gasteiger partial charge on any atom is 0.244 e. The topological polar surface area (TPSA) is 62.3 Å². The minimum Gasteiger partial charge on any atom is -0.346 e. The number of amides is 2. The van der Waals surface area contributed by atoms with E-state index in [1.54, 1.807) is 11.0 Å². The molecule has 2 aromatic carbocycles. The smallest absolute Gasteiger partial charge is 0.244 e. The van der Waals surface area contributed by atoms with Crippen molar-refractivity contribution in [2.75, 3.05) is 4.90 Å². The summed E-state index contributed by atoms with van der Waals surface area (Å²) in [6, 6.07) is 17.7. The first-order valence-electron chi connectivity index (χ1n) is 9.99. The van der Waals surface area contributed by atoms with Gasteiger partial charge >= 0.3 is 0 Å². The first-order chi connectivity index (χ1) is 14.6. The van der Waals surface area contributed by atoms with Gasteiger partial charge in [0.1, 0.15) is 0 Å². The van der Waals surface area contributed by atoms with Crippen molar-refractivity contribution >= 4 is 40.0 Å². The fourth-order valence-corrected chi connectivity index (χ4v) is 4.60. The van der Waals surface area contributed by atoms with E-state index >= 15 is 0 Å². The lowest BCUT2D eigenvalue weighted by atomic mass is 9.88. The molecule has 1 aliphatic carbocycles. The Balaban J connectivity index is 1.45. The molecule has 30 heavy (non-hydrogen) atoms. The molecule has 4 rings (SSSR count). The summed E-state index contributed by atoms with van der Waals surface area (Å²) in [5.74, 6) is -0.252. The number of hydrogen-bond acceptors (Lipinski definition) is 4. The molecule has 1 aliphatic rings. The zero-order chi connectivity index (χ0) is 20.9. The van der Waals surface area contributed by atoms with Crippen LogP contribution in [0.2, 0.25) is 0 Å². The predicted molar refractivity (Wildman–Crippen MR) is 121 cm³/mol. The maximum atomic E-state index is 12.5. The van der Waals surface area contributed by atoms with Gasteiger partial charge in [0.05, 0.1) is 17.4 Å². The summed E-state index contributed by atoms with van der Waals surface area (Å²) < 4.78 is 0. The number of aryl methyl sites for hydroxylation is 1. The van der Waals surface area contributed by atoms with Gasteiger partial charge in [0.2, 0.25) is 11.8 Å². The second-order valence-electron chi connectivity index (χ2n) is 7.23. The van der Waals surface area contributed by atoms with Crippen LogP contribution in [0.1, 0.15) is 42.6 Å². The van der Waals surface area contributed by atoms with Crippen molar-refractivity contribution in [2.45, 2.75) is 32.2 Å². The van der Waals surface area contributed by atoms with Crippen molar-refractivity contribution in [2.24, 2.45) is 0 Å². The van der Waals surface area contributed by atoms with Crippen molar-refractivity contribution in [3.63, 3.8) is 0 Å². The maximum absolute atomic E-state index is 12.5. The molecule has 1 N–H and O–H groups in total. The van der Waals surface area contributed by atoms with Crippen LogP contribution in [0, 0.1) is 0 Å². The van der Waals surface area contributed by atoms with Gasteiger partial charge in [-0.3, -0.25) is 14.5 Å². The highest BCUT2D eigenvalue weighted by atomic mass is 32.1. The lowest BCUT2D eigenvalue weighted by molar-refractivity contribution is -0.117. The molecule has 0 radical (unpaired) electrons. The number of thiazole rings is 1. The van der Waals surface area contributed by atoms with E-state index in [2.05, 4.69) is 22.4 Å². The van der Waals surface area contributed by atoms with E-state index in [0.29, 0.717) is 10.8 Å². The van der Waals surface area contributed by atoms with Crippen molar-refractivity contribution in [1.29, 1.82) is 0 Å². The van der Waals surface area contributed by atoms with E-state index in [4.69, 9.17) is 0 Å². The van der Waals surface area contributed by atoms with E-state index in [1.165, 1.54) is 35.5 Å². The molecule has 0 bridgehead atoms. The SMILES string of the molecule is CC(=O)N(c1ccccc1)c1nc(/C=C/C(=O)N[C@@H]2CCCc3ccccc32)cs1. The van der Waals surface area contributed by atoms with Crippen LogP contribution in [-0.4, -0.2) is 16.8 Å². The van der Waals surface area contributed by atoms with E-state index in [9.17, 15) is 9.59 Å². The molecule has 0 saturated carbocycles. The molecule has 5 nitrogen and oxygen atoms in total. The summed E-state index contributed by atoms with van der Waals surface area (Å²) in [6.45, 7) is 1.51. The van der Waals surface area contributed by atoms with E-state index in [0.717, 1.165) is 24.9 Å². The molecule has 2 amide bonds. The van der Waals surface area contributed by atoms with Crippen molar-refractivity contribution in [1.82, 2.24) is 10.3 Å². The van der Waals surface area contributed by atoms with Gasteiger partial charge in [0, 0.05) is 18.4 Å². The Bertz CT molecular complexity index is 1070. The summed E-state index contributed by atoms with van der Waals surface area (Å²) >= 11 is 1.37. The number of benzene rings is 2. The number of anilines is 2. The van der Waals surface area contributed by atoms with Crippen LogP contribution in [0.25, 0.3) is 6.08 Å². The van der Waals surface area contributed by atoms with Gasteiger partial charge in [-0.05, 0) is 48.6 Å². The summed E-state index contributed by atoms with van der Waals surface area (Å²) in [6.07, 6.45) is 6.28. The number of carbonyl (C=O) groups is 2. The highest BCUT2D eigenvalue weighted by molar-refractivity contribution is 7.14. The Morgan fingerprint density at radius 3 is 2.70 bits per heavy atom. The average Bonchev–Trinajstić information content (AvgIpc) is 3.21. The highest BCUT2D eigenvalue weighted by Crippen LogP contribution is 2.30. The average molecular weight is 418 g/mol. The van der Waals surface area contributed by atoms with Gasteiger partial charge in [-0.25, -0.2) is 4.98 Å². The van der Waals surface area contributed by atoms with Crippen LogP contribution in [-0.2, 0) is 16.0 Å². The molecule has 0 fully saturated rings. The third-order valence-electron chi connectivity index (χ3n) is 5.12. The Labute approximate surface area is 180 Å². The molecule has 3 aromatic rings. The molecule has 0 saturated heterocycles. The van der Waals surface area contributed by atoms with E-state index in [-0.39, 0.29) is 17.9 Å². The van der Waals surface area contributed by atoms with Crippen LogP contribution in [0.3, 0.4) is 0 Å². The lowest BCUT2D eigenvalue weighted by Crippen LogP contribution is -2.29. The summed E-state index contributed by atoms with van der Waals surface area (Å²) in [4.78, 5) is 30.7. The molecule has 0 unspecified atom stereocenters. The predicted octanol–water partition coefficient (Wildman–Crippen LogP) is 5.03. The zero-order valence-corrected chi connectivity index (χ0v) is 17.6. The minimum absolute atomic E-state index is 0.0457. The molecule has 1 atom stereocenters. The van der Waals surface area contributed by atoms with Crippen LogP contribution in [0.15, 0.2) is 66.1 Å². The normalized spacial score (nSPS) is 15.6. The van der Waals surface area contributed by atoms with Crippen molar-refractivity contribution in [3.8, 4) is 0 Å². The number of rotatable bonds is 5. The van der Waals surface area contributed by atoms with Crippen LogP contribution in [0.5, 0.6) is 0 Å². The van der Waals surface area contributed by atoms with Crippen LogP contribution in [0.4, 0.5) is 10.8 Å². The number of nitrogens with one attached hydrogen (secondary N) is 1. The van der Waals surface area contributed by atoms with E-state index in [1.807, 2.05) is 47.8 Å². The van der Waals surface area contributed by atoms with Gasteiger partial charge < -0.3 is 5.32 Å². The number of aromatic nitrogens is 1. The summed E-state index contributed by atoms with van der Waals surface area (Å²) in [7, 11) is 0. The highest BCUT2D eigenvalue weighted by Gasteiger charge is 2.21. The summed E-state index contributed by atoms with van der Waals surface area (Å²) in [5.41, 5.74) is 3.94. The number of para-hydroxylation sites is 1. The molecule has 6 heteroatoms. The van der Waals surface area contributed by atoms with Crippen LogP contribution >= 0.6 is 11.3 Å². The largest absolute Gasteiger partial charge is 0.346 e. The number of nitrogens with zero attached hydrogens (tertiary/aromatic N) is 2. The minimum atomic E-state index is -0.141.